The fourth-order valence-electron chi connectivity index (χ4n) is 2.02. The summed E-state index contributed by atoms with van der Waals surface area (Å²) in [6.45, 7) is 2.19. The van der Waals surface area contributed by atoms with E-state index in [1.165, 1.54) is 6.21 Å². The molecule has 0 atom stereocenters. The second-order valence-corrected chi connectivity index (χ2v) is 5.24. The van der Waals surface area contributed by atoms with E-state index >= 15 is 0 Å². The molecule has 0 spiro atoms. The molecule has 1 aromatic heterocycles. The first-order chi connectivity index (χ1) is 11.2. The molecular formula is C16H14ClN3O3. The molecule has 7 heteroatoms. The first kappa shape index (κ1) is 15.3. The fraction of sp³-hybridized carbons (Fsp3) is 0.188. The maximum absolute atomic E-state index is 11.9. The third kappa shape index (κ3) is 3.43. The summed E-state index contributed by atoms with van der Waals surface area (Å²) in [5, 5.41) is 4.36. The van der Waals surface area contributed by atoms with E-state index < -0.39 is 0 Å². The van der Waals surface area contributed by atoms with Crippen molar-refractivity contribution < 1.29 is 14.3 Å². The van der Waals surface area contributed by atoms with Gasteiger partial charge in [-0.05, 0) is 24.1 Å². The van der Waals surface area contributed by atoms with Crippen LogP contribution in [0.15, 0.2) is 35.6 Å². The molecule has 1 N–H and O–H groups in total. The number of aromatic nitrogens is 1. The fourth-order valence-corrected chi connectivity index (χ4v) is 2.22. The molecule has 2 heterocycles. The lowest BCUT2D eigenvalue weighted by atomic mass is 10.2. The van der Waals surface area contributed by atoms with E-state index in [2.05, 4.69) is 15.5 Å². The van der Waals surface area contributed by atoms with E-state index in [9.17, 15) is 4.79 Å². The van der Waals surface area contributed by atoms with Gasteiger partial charge in [-0.2, -0.15) is 5.10 Å². The van der Waals surface area contributed by atoms with E-state index in [4.69, 9.17) is 21.1 Å². The molecule has 23 heavy (non-hydrogen) atoms. The van der Waals surface area contributed by atoms with E-state index in [0.29, 0.717) is 27.8 Å². The van der Waals surface area contributed by atoms with Crippen LogP contribution < -0.4 is 14.9 Å². The molecule has 0 unspecified atom stereocenters. The summed E-state index contributed by atoms with van der Waals surface area (Å²) in [5.74, 6) is 0.802. The van der Waals surface area contributed by atoms with Crippen molar-refractivity contribution in [2.45, 2.75) is 13.3 Å². The number of benzene rings is 1. The van der Waals surface area contributed by atoms with Crippen LogP contribution in [0.25, 0.3) is 0 Å². The van der Waals surface area contributed by atoms with Gasteiger partial charge in [0.05, 0.1) is 11.2 Å². The lowest BCUT2D eigenvalue weighted by molar-refractivity contribution is 0.0950. The Kier molecular flexibility index (Phi) is 4.43. The van der Waals surface area contributed by atoms with Crippen LogP contribution in [0.3, 0.4) is 0 Å². The van der Waals surface area contributed by atoms with Crippen LogP contribution in [0, 0.1) is 0 Å². The normalized spacial score (nSPS) is 12.6. The van der Waals surface area contributed by atoms with Crippen molar-refractivity contribution >= 4 is 23.7 Å². The summed E-state index contributed by atoms with van der Waals surface area (Å²) in [4.78, 5) is 16.0. The van der Waals surface area contributed by atoms with Crippen LogP contribution in [0.1, 0.15) is 28.5 Å². The number of amides is 1. The summed E-state index contributed by atoms with van der Waals surface area (Å²) in [6.07, 6.45) is 3.99. The van der Waals surface area contributed by atoms with Gasteiger partial charge < -0.3 is 9.47 Å². The molecule has 0 aliphatic carbocycles. The van der Waals surface area contributed by atoms with Gasteiger partial charge in [-0.3, -0.25) is 9.78 Å². The molecule has 1 aliphatic heterocycles. The molecule has 1 aromatic carbocycles. The molecular weight excluding hydrogens is 318 g/mol. The van der Waals surface area contributed by atoms with Gasteiger partial charge in [-0.25, -0.2) is 5.43 Å². The highest BCUT2D eigenvalue weighted by Gasteiger charge is 2.15. The van der Waals surface area contributed by atoms with Crippen molar-refractivity contribution in [1.29, 1.82) is 0 Å². The van der Waals surface area contributed by atoms with Gasteiger partial charge in [0.2, 0.25) is 6.79 Å². The van der Waals surface area contributed by atoms with E-state index in [1.54, 1.807) is 24.4 Å². The number of nitrogens with zero attached hydrogens (tertiary/aromatic N) is 2. The van der Waals surface area contributed by atoms with Crippen LogP contribution in [0.5, 0.6) is 11.5 Å². The zero-order chi connectivity index (χ0) is 16.2. The number of nitrogens with one attached hydrogen (secondary N) is 1. The molecule has 118 valence electrons. The quantitative estimate of drug-likeness (QED) is 0.690. The Labute approximate surface area is 138 Å². The van der Waals surface area contributed by atoms with Gasteiger partial charge in [0.1, 0.15) is 5.69 Å². The number of ether oxygens (including phenoxy) is 2. The number of halogens is 1. The number of pyridine rings is 1. The van der Waals surface area contributed by atoms with Gasteiger partial charge in [0.15, 0.2) is 11.5 Å². The number of hydrazone groups is 1. The SMILES string of the molecule is CCc1ccc(C(=O)N/N=C/c2cc3c(cc2Cl)OCO3)nc1. The van der Waals surface area contributed by atoms with Crippen LogP contribution in [0.2, 0.25) is 5.02 Å². The monoisotopic (exact) mass is 331 g/mol. The number of rotatable bonds is 4. The van der Waals surface area contributed by atoms with Crippen molar-refractivity contribution in [2.24, 2.45) is 5.10 Å². The molecule has 0 saturated heterocycles. The Morgan fingerprint density at radius 1 is 1.39 bits per heavy atom. The van der Waals surface area contributed by atoms with Crippen LogP contribution in [0.4, 0.5) is 0 Å². The Balaban J connectivity index is 1.67. The highest BCUT2D eigenvalue weighted by molar-refractivity contribution is 6.33. The van der Waals surface area contributed by atoms with Crippen molar-refractivity contribution in [3.63, 3.8) is 0 Å². The van der Waals surface area contributed by atoms with Crippen LogP contribution in [-0.4, -0.2) is 23.9 Å². The minimum absolute atomic E-state index is 0.169. The molecule has 0 radical (unpaired) electrons. The summed E-state index contributed by atoms with van der Waals surface area (Å²) in [7, 11) is 0. The first-order valence-electron chi connectivity index (χ1n) is 7.05. The molecule has 3 rings (SSSR count). The van der Waals surface area contributed by atoms with Gasteiger partial charge in [-0.1, -0.05) is 24.6 Å². The van der Waals surface area contributed by atoms with Crippen molar-refractivity contribution in [1.82, 2.24) is 10.4 Å². The van der Waals surface area contributed by atoms with Crippen LogP contribution in [-0.2, 0) is 6.42 Å². The Morgan fingerprint density at radius 2 is 2.17 bits per heavy atom. The first-order valence-corrected chi connectivity index (χ1v) is 7.42. The second kappa shape index (κ2) is 6.66. The molecule has 2 aromatic rings. The summed E-state index contributed by atoms with van der Waals surface area (Å²) in [6, 6.07) is 6.88. The minimum Gasteiger partial charge on any atom is -0.454 e. The highest BCUT2D eigenvalue weighted by Crippen LogP contribution is 2.36. The predicted octanol–water partition coefficient (Wildman–Crippen LogP) is 2.79. The number of aryl methyl sites for hydroxylation is 1. The molecule has 1 amide bonds. The summed E-state index contributed by atoms with van der Waals surface area (Å²) < 4.78 is 10.5. The molecule has 0 bridgehead atoms. The molecule has 6 nitrogen and oxygen atoms in total. The average molecular weight is 332 g/mol. The predicted molar refractivity (Wildman–Crippen MR) is 86.3 cm³/mol. The van der Waals surface area contributed by atoms with E-state index in [0.717, 1.165) is 12.0 Å². The van der Waals surface area contributed by atoms with Gasteiger partial charge in [0.25, 0.3) is 5.91 Å². The van der Waals surface area contributed by atoms with Crippen molar-refractivity contribution in [3.05, 3.63) is 52.3 Å². The number of carbonyl (C=O) groups excluding carboxylic acids is 1. The third-order valence-corrected chi connectivity index (χ3v) is 3.65. The maximum atomic E-state index is 11.9. The van der Waals surface area contributed by atoms with E-state index in [-0.39, 0.29) is 12.7 Å². The number of hydrogen-bond donors (Lipinski definition) is 1. The number of carbonyl (C=O) groups is 1. The minimum atomic E-state index is -0.388. The number of fused-ring (bicyclic) bond motifs is 1. The summed E-state index contributed by atoms with van der Waals surface area (Å²) in [5.41, 5.74) is 4.40. The second-order valence-electron chi connectivity index (χ2n) is 4.83. The van der Waals surface area contributed by atoms with E-state index in [1.807, 2.05) is 13.0 Å². The third-order valence-electron chi connectivity index (χ3n) is 3.33. The zero-order valence-corrected chi connectivity index (χ0v) is 13.1. The number of hydrogen-bond acceptors (Lipinski definition) is 5. The van der Waals surface area contributed by atoms with Gasteiger partial charge >= 0.3 is 0 Å². The van der Waals surface area contributed by atoms with Crippen LogP contribution >= 0.6 is 11.6 Å². The van der Waals surface area contributed by atoms with Crippen molar-refractivity contribution in [2.75, 3.05) is 6.79 Å². The summed E-state index contributed by atoms with van der Waals surface area (Å²) >= 11 is 6.12. The van der Waals surface area contributed by atoms with Gasteiger partial charge in [0, 0.05) is 17.8 Å². The lowest BCUT2D eigenvalue weighted by Crippen LogP contribution is -2.19. The maximum Gasteiger partial charge on any atom is 0.289 e. The topological polar surface area (TPSA) is 72.8 Å². The lowest BCUT2D eigenvalue weighted by Gasteiger charge is -2.02. The Hall–Kier alpha value is -2.60. The Morgan fingerprint density at radius 3 is 2.87 bits per heavy atom. The molecule has 1 aliphatic rings. The Bertz CT molecular complexity index is 760. The zero-order valence-electron chi connectivity index (χ0n) is 12.4. The van der Waals surface area contributed by atoms with Gasteiger partial charge in [-0.15, -0.1) is 0 Å². The largest absolute Gasteiger partial charge is 0.454 e. The molecule has 0 fully saturated rings. The highest BCUT2D eigenvalue weighted by atomic mass is 35.5. The average Bonchev–Trinajstić information content (AvgIpc) is 3.02. The standard InChI is InChI=1S/C16H14ClN3O3/c1-2-10-3-4-13(18-7-10)16(21)20-19-8-11-5-14-15(6-12(11)17)23-9-22-14/h3-8H,2,9H2,1H3,(H,20,21)/b19-8+. The smallest absolute Gasteiger partial charge is 0.289 e. The van der Waals surface area contributed by atoms with Crippen molar-refractivity contribution in [3.8, 4) is 11.5 Å². The molecule has 0 saturated carbocycles.